The van der Waals surface area contributed by atoms with Gasteiger partial charge in [-0.15, -0.1) is 10.2 Å². The van der Waals surface area contributed by atoms with Gasteiger partial charge < -0.3 is 4.57 Å². The van der Waals surface area contributed by atoms with Crippen LogP contribution in [0.5, 0.6) is 0 Å². The summed E-state index contributed by atoms with van der Waals surface area (Å²) in [6, 6.07) is 0.391. The quantitative estimate of drug-likeness (QED) is 0.793. The number of alkyl halides is 1. The van der Waals surface area contributed by atoms with Gasteiger partial charge in [-0.1, -0.05) is 15.9 Å². The molecule has 1 heterocycles. The number of halogens is 1. The van der Waals surface area contributed by atoms with Crippen LogP contribution in [0.1, 0.15) is 42.7 Å². The van der Waals surface area contributed by atoms with Crippen molar-refractivity contribution in [2.45, 2.75) is 36.4 Å². The normalized spacial score (nSPS) is 18.7. The van der Waals surface area contributed by atoms with Gasteiger partial charge >= 0.3 is 0 Å². The highest BCUT2D eigenvalue weighted by Crippen LogP contribution is 2.38. The second kappa shape index (κ2) is 4.10. The van der Waals surface area contributed by atoms with Crippen molar-refractivity contribution >= 4 is 25.8 Å². The molecule has 90 valence electrons. The minimum Gasteiger partial charge on any atom is -0.310 e. The lowest BCUT2D eigenvalue weighted by atomic mass is 10.4. The molecule has 7 heteroatoms. The van der Waals surface area contributed by atoms with Crippen LogP contribution in [-0.2, 0) is 15.2 Å². The molecular weight excluding hydrogens is 294 g/mol. The molecule has 1 saturated carbocycles. The maximum absolute atomic E-state index is 11.5. The fourth-order valence-electron chi connectivity index (χ4n) is 1.63. The van der Waals surface area contributed by atoms with Gasteiger partial charge in [0.05, 0.1) is 5.33 Å². The van der Waals surface area contributed by atoms with Gasteiger partial charge in [0, 0.05) is 12.3 Å². The van der Waals surface area contributed by atoms with Crippen molar-refractivity contribution in [2.75, 3.05) is 6.26 Å². The third-order valence-electron chi connectivity index (χ3n) is 2.83. The van der Waals surface area contributed by atoms with Gasteiger partial charge in [-0.2, -0.15) is 0 Å². The predicted octanol–water partition coefficient (Wildman–Crippen LogP) is 1.61. The molecule has 1 fully saturated rings. The van der Waals surface area contributed by atoms with Crippen molar-refractivity contribution in [2.24, 2.45) is 0 Å². The zero-order valence-electron chi connectivity index (χ0n) is 9.22. The number of hydrogen-bond donors (Lipinski definition) is 0. The first kappa shape index (κ1) is 12.0. The molecule has 0 amide bonds. The first-order valence-electron chi connectivity index (χ1n) is 5.13. The van der Waals surface area contributed by atoms with E-state index in [1.54, 1.807) is 6.92 Å². The van der Waals surface area contributed by atoms with E-state index in [2.05, 4.69) is 26.1 Å². The third-order valence-corrected chi connectivity index (χ3v) is 4.83. The molecular formula is C9H14BrN3O2S. The molecule has 0 aromatic carbocycles. The highest BCUT2D eigenvalue weighted by Gasteiger charge is 2.33. The lowest BCUT2D eigenvalue weighted by Crippen LogP contribution is -2.14. The largest absolute Gasteiger partial charge is 0.310 e. The number of sulfone groups is 1. The topological polar surface area (TPSA) is 64.8 Å². The minimum atomic E-state index is -3.12. The Kier molecular flexibility index (Phi) is 3.09. The Morgan fingerprint density at radius 1 is 1.50 bits per heavy atom. The molecule has 1 aromatic heterocycles. The Balaban J connectivity index is 2.44. The van der Waals surface area contributed by atoms with Crippen LogP contribution in [0, 0.1) is 0 Å². The summed E-state index contributed by atoms with van der Waals surface area (Å²) in [6.07, 6.45) is 3.40. The minimum absolute atomic E-state index is 0.391. The standard InChI is InChI=1S/C9H14BrN3O2S/c1-6(16(2,14)15)9-12-11-8(5-10)13(9)7-3-4-7/h6-7H,3-5H2,1-2H3. The van der Waals surface area contributed by atoms with Gasteiger partial charge in [-0.3, -0.25) is 0 Å². The average Bonchev–Trinajstić information content (AvgIpc) is 2.95. The summed E-state index contributed by atoms with van der Waals surface area (Å²) in [5, 5.41) is 8.07. The Bertz CT molecular complexity index is 493. The number of rotatable bonds is 4. The monoisotopic (exact) mass is 307 g/mol. The molecule has 0 aliphatic heterocycles. The van der Waals surface area contributed by atoms with Crippen LogP contribution >= 0.6 is 15.9 Å². The van der Waals surface area contributed by atoms with E-state index in [1.807, 2.05) is 4.57 Å². The van der Waals surface area contributed by atoms with Gasteiger partial charge in [0.2, 0.25) is 0 Å². The predicted molar refractivity (Wildman–Crippen MR) is 64.2 cm³/mol. The number of nitrogens with zero attached hydrogens (tertiary/aromatic N) is 3. The molecule has 16 heavy (non-hydrogen) atoms. The molecule has 1 atom stereocenters. The SMILES string of the molecule is CC(c1nnc(CBr)n1C1CC1)S(C)(=O)=O. The van der Waals surface area contributed by atoms with Gasteiger partial charge in [0.25, 0.3) is 0 Å². The second-order valence-corrected chi connectivity index (χ2v) is 7.11. The Morgan fingerprint density at radius 2 is 2.12 bits per heavy atom. The first-order chi connectivity index (χ1) is 7.45. The molecule has 0 spiro atoms. The lowest BCUT2D eigenvalue weighted by Gasteiger charge is -2.12. The van der Waals surface area contributed by atoms with Gasteiger partial charge in [0.1, 0.15) is 11.1 Å². The summed E-state index contributed by atoms with van der Waals surface area (Å²) in [5.41, 5.74) is 0. The van der Waals surface area contributed by atoms with Crippen LogP contribution < -0.4 is 0 Å². The van der Waals surface area contributed by atoms with E-state index < -0.39 is 15.1 Å². The van der Waals surface area contributed by atoms with Crippen molar-refractivity contribution in [3.05, 3.63) is 11.6 Å². The van der Waals surface area contributed by atoms with E-state index in [0.717, 1.165) is 18.7 Å². The first-order valence-corrected chi connectivity index (χ1v) is 8.21. The zero-order chi connectivity index (χ0) is 11.9. The summed E-state index contributed by atoms with van der Waals surface area (Å²) in [5.74, 6) is 1.38. The van der Waals surface area contributed by atoms with E-state index in [4.69, 9.17) is 0 Å². The van der Waals surface area contributed by atoms with E-state index in [0.29, 0.717) is 17.2 Å². The summed E-state index contributed by atoms with van der Waals surface area (Å²) < 4.78 is 25.0. The average molecular weight is 308 g/mol. The summed E-state index contributed by atoms with van der Waals surface area (Å²) in [4.78, 5) is 0. The molecule has 1 unspecified atom stereocenters. The van der Waals surface area contributed by atoms with Gasteiger partial charge in [0.15, 0.2) is 15.7 Å². The fourth-order valence-corrected chi connectivity index (χ4v) is 2.55. The van der Waals surface area contributed by atoms with Crippen molar-refractivity contribution in [3.8, 4) is 0 Å². The second-order valence-electron chi connectivity index (χ2n) is 4.18. The molecule has 1 aliphatic carbocycles. The molecule has 1 aliphatic rings. The maximum atomic E-state index is 11.5. The van der Waals surface area contributed by atoms with Crippen molar-refractivity contribution in [1.29, 1.82) is 0 Å². The number of aromatic nitrogens is 3. The smallest absolute Gasteiger partial charge is 0.157 e. The maximum Gasteiger partial charge on any atom is 0.157 e. The molecule has 0 saturated heterocycles. The van der Waals surface area contributed by atoms with Crippen LogP contribution in [0.2, 0.25) is 0 Å². The third kappa shape index (κ3) is 2.15. The Labute approximate surface area is 103 Å². The van der Waals surface area contributed by atoms with Gasteiger partial charge in [-0.25, -0.2) is 8.42 Å². The van der Waals surface area contributed by atoms with E-state index in [1.165, 1.54) is 6.26 Å². The van der Waals surface area contributed by atoms with E-state index >= 15 is 0 Å². The zero-order valence-corrected chi connectivity index (χ0v) is 11.6. The van der Waals surface area contributed by atoms with Crippen LogP contribution in [0.3, 0.4) is 0 Å². The summed E-state index contributed by atoms with van der Waals surface area (Å²) >= 11 is 3.34. The molecule has 1 aromatic rings. The Morgan fingerprint density at radius 3 is 2.56 bits per heavy atom. The molecule has 0 N–H and O–H groups in total. The van der Waals surface area contributed by atoms with Crippen LogP contribution in [0.25, 0.3) is 0 Å². The van der Waals surface area contributed by atoms with Crippen molar-refractivity contribution in [3.63, 3.8) is 0 Å². The van der Waals surface area contributed by atoms with Crippen molar-refractivity contribution < 1.29 is 8.42 Å². The molecule has 5 nitrogen and oxygen atoms in total. The van der Waals surface area contributed by atoms with Crippen LogP contribution in [0.4, 0.5) is 0 Å². The summed E-state index contributed by atoms with van der Waals surface area (Å²) in [7, 11) is -3.12. The van der Waals surface area contributed by atoms with Crippen LogP contribution in [-0.4, -0.2) is 29.4 Å². The Hall–Kier alpha value is -0.430. The molecule has 2 rings (SSSR count). The molecule has 0 radical (unpaired) electrons. The van der Waals surface area contributed by atoms with E-state index in [9.17, 15) is 8.42 Å². The number of hydrogen-bond acceptors (Lipinski definition) is 4. The highest BCUT2D eigenvalue weighted by molar-refractivity contribution is 9.08. The lowest BCUT2D eigenvalue weighted by molar-refractivity contribution is 0.580. The van der Waals surface area contributed by atoms with Crippen LogP contribution in [0.15, 0.2) is 0 Å². The van der Waals surface area contributed by atoms with Gasteiger partial charge in [-0.05, 0) is 19.8 Å². The van der Waals surface area contributed by atoms with E-state index in [-0.39, 0.29) is 0 Å². The fraction of sp³-hybridized carbons (Fsp3) is 0.778. The van der Waals surface area contributed by atoms with Crippen molar-refractivity contribution in [1.82, 2.24) is 14.8 Å². The summed E-state index contributed by atoms with van der Waals surface area (Å²) in [6.45, 7) is 1.66. The highest BCUT2D eigenvalue weighted by atomic mass is 79.9. The molecule has 0 bridgehead atoms.